The zero-order valence-corrected chi connectivity index (χ0v) is 18.7. The summed E-state index contributed by atoms with van der Waals surface area (Å²) in [5.74, 6) is 0.716. The molecule has 3 rings (SSSR count). The third kappa shape index (κ3) is 6.42. The van der Waals surface area contributed by atoms with Gasteiger partial charge in [-0.1, -0.05) is 18.5 Å². The van der Waals surface area contributed by atoms with Gasteiger partial charge in [0.25, 0.3) is 5.91 Å². The van der Waals surface area contributed by atoms with Gasteiger partial charge in [-0.3, -0.25) is 9.69 Å². The Labute approximate surface area is 180 Å². The first-order chi connectivity index (χ1) is 14.1. The maximum Gasteiger partial charge on any atom is 0.253 e. The molecule has 6 heteroatoms. The molecule has 5 nitrogen and oxygen atoms in total. The molecular weight excluding hydrogens is 386 g/mol. The van der Waals surface area contributed by atoms with Gasteiger partial charge in [-0.25, -0.2) is 0 Å². The number of benzene rings is 1. The van der Waals surface area contributed by atoms with E-state index in [2.05, 4.69) is 21.6 Å². The van der Waals surface area contributed by atoms with Gasteiger partial charge in [-0.15, -0.1) is 0 Å². The summed E-state index contributed by atoms with van der Waals surface area (Å²) in [5, 5.41) is 0.671. The van der Waals surface area contributed by atoms with E-state index in [4.69, 9.17) is 16.3 Å². The molecule has 162 valence electrons. The number of likely N-dealkylation sites (N-methyl/N-ethyl adjacent to an activating group) is 1. The fourth-order valence-electron chi connectivity index (χ4n) is 4.71. The van der Waals surface area contributed by atoms with Crippen LogP contribution in [0, 0.1) is 5.92 Å². The maximum absolute atomic E-state index is 13.4. The Morgan fingerprint density at radius 3 is 2.52 bits per heavy atom. The van der Waals surface area contributed by atoms with Gasteiger partial charge >= 0.3 is 0 Å². The first-order valence-corrected chi connectivity index (χ1v) is 11.5. The Bertz CT molecular complexity index is 632. The van der Waals surface area contributed by atoms with E-state index >= 15 is 0 Å². The minimum absolute atomic E-state index is 0.145. The highest BCUT2D eigenvalue weighted by Crippen LogP contribution is 2.23. The summed E-state index contributed by atoms with van der Waals surface area (Å²) in [4.78, 5) is 20.5. The molecule has 0 bridgehead atoms. The zero-order valence-electron chi connectivity index (χ0n) is 18.0. The van der Waals surface area contributed by atoms with Crippen LogP contribution in [0.3, 0.4) is 0 Å². The molecule has 1 aromatic carbocycles. The molecule has 1 atom stereocenters. The van der Waals surface area contributed by atoms with E-state index in [1.54, 1.807) is 7.11 Å². The average molecular weight is 422 g/mol. The Hall–Kier alpha value is -1.14. The Kier molecular flexibility index (Phi) is 8.79. The van der Waals surface area contributed by atoms with Crippen molar-refractivity contribution < 1.29 is 9.53 Å². The predicted molar refractivity (Wildman–Crippen MR) is 119 cm³/mol. The number of hydrogen-bond acceptors (Lipinski definition) is 4. The molecule has 2 saturated heterocycles. The molecule has 1 aromatic rings. The van der Waals surface area contributed by atoms with E-state index in [1.165, 1.54) is 12.8 Å². The van der Waals surface area contributed by atoms with E-state index < -0.39 is 0 Å². The van der Waals surface area contributed by atoms with Crippen molar-refractivity contribution in [2.75, 3.05) is 59.5 Å². The molecule has 0 saturated carbocycles. The van der Waals surface area contributed by atoms with Crippen LogP contribution in [0.2, 0.25) is 5.02 Å². The summed E-state index contributed by atoms with van der Waals surface area (Å²) in [6, 6.07) is 7.83. The SMILES string of the molecule is CCN1CCC[C@H]1CN(CC1CCN(CCOC)CC1)C(=O)c1ccc(Cl)cc1. The van der Waals surface area contributed by atoms with Crippen LogP contribution in [0.25, 0.3) is 0 Å². The lowest BCUT2D eigenvalue weighted by atomic mass is 9.95. The normalized spacial score (nSPS) is 21.6. The lowest BCUT2D eigenvalue weighted by Gasteiger charge is -2.36. The zero-order chi connectivity index (χ0) is 20.6. The number of rotatable bonds is 9. The van der Waals surface area contributed by atoms with Gasteiger partial charge in [0.15, 0.2) is 0 Å². The molecule has 0 spiro atoms. The number of nitrogens with zero attached hydrogens (tertiary/aromatic N) is 3. The van der Waals surface area contributed by atoms with E-state index in [9.17, 15) is 4.79 Å². The lowest BCUT2D eigenvalue weighted by Crippen LogP contribution is -2.46. The van der Waals surface area contributed by atoms with Crippen molar-refractivity contribution in [3.05, 3.63) is 34.9 Å². The largest absolute Gasteiger partial charge is 0.383 e. The molecular formula is C23H36ClN3O2. The van der Waals surface area contributed by atoms with Crippen LogP contribution in [-0.2, 0) is 4.74 Å². The average Bonchev–Trinajstić information content (AvgIpc) is 3.20. The molecule has 0 aromatic heterocycles. The molecule has 2 heterocycles. The minimum atomic E-state index is 0.145. The van der Waals surface area contributed by atoms with Gasteiger partial charge in [0.2, 0.25) is 0 Å². The van der Waals surface area contributed by atoms with Gasteiger partial charge < -0.3 is 14.5 Å². The van der Waals surface area contributed by atoms with Crippen LogP contribution in [0.1, 0.15) is 43.0 Å². The van der Waals surface area contributed by atoms with Gasteiger partial charge in [0.05, 0.1) is 6.61 Å². The lowest BCUT2D eigenvalue weighted by molar-refractivity contribution is 0.0616. The molecule has 2 aliphatic heterocycles. The van der Waals surface area contributed by atoms with Crippen LogP contribution in [-0.4, -0.2) is 86.2 Å². The Morgan fingerprint density at radius 1 is 1.14 bits per heavy atom. The first-order valence-electron chi connectivity index (χ1n) is 11.1. The molecule has 2 fully saturated rings. The minimum Gasteiger partial charge on any atom is -0.383 e. The fraction of sp³-hybridized carbons (Fsp3) is 0.696. The van der Waals surface area contributed by atoms with Crippen molar-refractivity contribution in [3.63, 3.8) is 0 Å². The Balaban J connectivity index is 1.64. The van der Waals surface area contributed by atoms with Crippen LogP contribution < -0.4 is 0 Å². The van der Waals surface area contributed by atoms with Gasteiger partial charge in [0.1, 0.15) is 0 Å². The van der Waals surface area contributed by atoms with E-state index in [-0.39, 0.29) is 5.91 Å². The number of amides is 1. The number of hydrogen-bond donors (Lipinski definition) is 0. The number of piperidine rings is 1. The summed E-state index contributed by atoms with van der Waals surface area (Å²) in [6.45, 7) is 10.1. The third-order valence-corrected chi connectivity index (χ3v) is 6.76. The van der Waals surface area contributed by atoms with Gasteiger partial charge in [0, 0.05) is 43.4 Å². The van der Waals surface area contributed by atoms with Crippen LogP contribution >= 0.6 is 11.6 Å². The highest BCUT2D eigenvalue weighted by molar-refractivity contribution is 6.30. The molecule has 0 radical (unpaired) electrons. The molecule has 0 N–H and O–H groups in total. The summed E-state index contributed by atoms with van der Waals surface area (Å²) in [5.41, 5.74) is 0.743. The number of halogens is 1. The number of carbonyl (C=O) groups is 1. The standard InChI is InChI=1S/C23H36ClN3O2/c1-3-26-12-4-5-22(26)18-27(23(28)20-6-8-21(24)9-7-20)17-19-10-13-25(14-11-19)15-16-29-2/h6-9,19,22H,3-5,10-18H2,1-2H3/t22-/m0/s1. The molecule has 0 unspecified atom stereocenters. The monoisotopic (exact) mass is 421 g/mol. The third-order valence-electron chi connectivity index (χ3n) is 6.51. The number of likely N-dealkylation sites (tertiary alicyclic amines) is 2. The first kappa shape index (κ1) is 22.5. The quantitative estimate of drug-likeness (QED) is 0.610. The summed E-state index contributed by atoms with van der Waals surface area (Å²) in [6.07, 6.45) is 4.72. The molecule has 29 heavy (non-hydrogen) atoms. The predicted octanol–water partition coefficient (Wildman–Crippen LogP) is 3.62. The van der Waals surface area contributed by atoms with Gasteiger partial charge in [-0.05, 0) is 82.0 Å². The van der Waals surface area contributed by atoms with Crippen LogP contribution in [0.15, 0.2) is 24.3 Å². The highest BCUT2D eigenvalue weighted by atomic mass is 35.5. The molecule has 0 aliphatic carbocycles. The van der Waals surface area contributed by atoms with Crippen LogP contribution in [0.4, 0.5) is 0 Å². The van der Waals surface area contributed by atoms with Crippen LogP contribution in [0.5, 0.6) is 0 Å². The van der Waals surface area contributed by atoms with E-state index in [0.717, 1.165) is 70.8 Å². The van der Waals surface area contributed by atoms with Crippen molar-refractivity contribution in [1.82, 2.24) is 14.7 Å². The second-order valence-electron chi connectivity index (χ2n) is 8.42. The van der Waals surface area contributed by atoms with Crippen molar-refractivity contribution in [2.45, 2.75) is 38.6 Å². The fourth-order valence-corrected chi connectivity index (χ4v) is 4.84. The highest BCUT2D eigenvalue weighted by Gasteiger charge is 2.30. The maximum atomic E-state index is 13.4. The molecule has 1 amide bonds. The summed E-state index contributed by atoms with van der Waals surface area (Å²) in [7, 11) is 1.76. The van der Waals surface area contributed by atoms with E-state index in [0.29, 0.717) is 17.0 Å². The number of carbonyl (C=O) groups excluding carboxylic acids is 1. The van der Waals surface area contributed by atoms with Crippen molar-refractivity contribution in [1.29, 1.82) is 0 Å². The summed E-state index contributed by atoms with van der Waals surface area (Å²) >= 11 is 6.03. The van der Waals surface area contributed by atoms with E-state index in [1.807, 2.05) is 24.3 Å². The smallest absolute Gasteiger partial charge is 0.253 e. The Morgan fingerprint density at radius 2 is 1.86 bits per heavy atom. The van der Waals surface area contributed by atoms with Crippen molar-refractivity contribution in [3.8, 4) is 0 Å². The molecule has 2 aliphatic rings. The van der Waals surface area contributed by atoms with Crippen molar-refractivity contribution in [2.24, 2.45) is 5.92 Å². The number of ether oxygens (including phenoxy) is 1. The second-order valence-corrected chi connectivity index (χ2v) is 8.86. The van der Waals surface area contributed by atoms with Gasteiger partial charge in [-0.2, -0.15) is 0 Å². The summed E-state index contributed by atoms with van der Waals surface area (Å²) < 4.78 is 5.21. The second kappa shape index (κ2) is 11.3. The van der Waals surface area contributed by atoms with Crippen molar-refractivity contribution >= 4 is 17.5 Å². The topological polar surface area (TPSA) is 36.0 Å². The number of methoxy groups -OCH3 is 1.